The summed E-state index contributed by atoms with van der Waals surface area (Å²) in [5.41, 5.74) is 2.15. The van der Waals surface area contributed by atoms with E-state index in [1.54, 1.807) is 6.20 Å². The van der Waals surface area contributed by atoms with Crippen molar-refractivity contribution < 1.29 is 4.79 Å². The lowest BCUT2D eigenvalue weighted by atomic mass is 9.86. The molecule has 0 radical (unpaired) electrons. The van der Waals surface area contributed by atoms with Crippen molar-refractivity contribution in [1.29, 1.82) is 0 Å². The lowest BCUT2D eigenvalue weighted by Crippen LogP contribution is -2.32. The summed E-state index contributed by atoms with van der Waals surface area (Å²) < 4.78 is 2.16. The Hall–Kier alpha value is -2.24. The van der Waals surface area contributed by atoms with Crippen LogP contribution in [-0.2, 0) is 17.8 Å². The van der Waals surface area contributed by atoms with Crippen molar-refractivity contribution in [2.75, 3.05) is 0 Å². The molecule has 6 heteroatoms. The molecule has 1 atom stereocenters. The Kier molecular flexibility index (Phi) is 3.59. The van der Waals surface area contributed by atoms with E-state index in [0.29, 0.717) is 12.6 Å². The minimum Gasteiger partial charge on any atom is -0.348 e. The molecular formula is C17H21N5O. The molecule has 0 aliphatic heterocycles. The Labute approximate surface area is 135 Å². The molecule has 2 aromatic rings. The summed E-state index contributed by atoms with van der Waals surface area (Å²) in [5.74, 6) is 1.70. The summed E-state index contributed by atoms with van der Waals surface area (Å²) in [6, 6.07) is 4.54. The molecule has 0 aromatic carbocycles. The van der Waals surface area contributed by atoms with Crippen LogP contribution in [0.5, 0.6) is 0 Å². The molecule has 2 aromatic heterocycles. The van der Waals surface area contributed by atoms with Crippen LogP contribution in [-0.4, -0.2) is 25.7 Å². The van der Waals surface area contributed by atoms with E-state index >= 15 is 0 Å². The van der Waals surface area contributed by atoms with Crippen molar-refractivity contribution in [3.63, 3.8) is 0 Å². The first-order valence-corrected chi connectivity index (χ1v) is 8.36. The first kappa shape index (κ1) is 14.4. The fraction of sp³-hybridized carbons (Fsp3) is 0.529. The lowest BCUT2D eigenvalue weighted by molar-refractivity contribution is -0.123. The molecular weight excluding hydrogens is 290 g/mol. The third-order valence-corrected chi connectivity index (χ3v) is 4.78. The van der Waals surface area contributed by atoms with Crippen molar-refractivity contribution in [3.05, 3.63) is 41.2 Å². The van der Waals surface area contributed by atoms with E-state index < -0.39 is 0 Å². The van der Waals surface area contributed by atoms with Gasteiger partial charge in [0.1, 0.15) is 5.82 Å². The monoisotopic (exact) mass is 311 g/mol. The number of pyridine rings is 1. The van der Waals surface area contributed by atoms with Gasteiger partial charge in [-0.3, -0.25) is 9.78 Å². The van der Waals surface area contributed by atoms with E-state index in [-0.39, 0.29) is 11.8 Å². The predicted molar refractivity (Wildman–Crippen MR) is 84.8 cm³/mol. The molecule has 2 heterocycles. The molecule has 6 nitrogen and oxygen atoms in total. The van der Waals surface area contributed by atoms with Crippen molar-refractivity contribution in [2.45, 2.75) is 57.5 Å². The van der Waals surface area contributed by atoms with Gasteiger partial charge in [-0.1, -0.05) is 6.07 Å². The number of amides is 1. The maximum atomic E-state index is 12.6. The zero-order chi connectivity index (χ0) is 15.8. The second-order valence-electron chi connectivity index (χ2n) is 6.48. The Morgan fingerprint density at radius 2 is 2.22 bits per heavy atom. The molecule has 0 bridgehead atoms. The van der Waals surface area contributed by atoms with E-state index in [9.17, 15) is 4.79 Å². The van der Waals surface area contributed by atoms with Gasteiger partial charge in [-0.2, -0.15) is 0 Å². The molecule has 4 rings (SSSR count). The van der Waals surface area contributed by atoms with Crippen LogP contribution in [0.1, 0.15) is 60.5 Å². The van der Waals surface area contributed by atoms with Crippen LogP contribution in [0.15, 0.2) is 18.3 Å². The highest BCUT2D eigenvalue weighted by atomic mass is 16.1. The maximum Gasteiger partial charge on any atom is 0.229 e. The standard InChI is InChI=1S/C17H21N5O/c1-11-20-21-15(22(11)13-7-8-13)10-19-17(23)14-6-2-4-12-5-3-9-18-16(12)14/h3,5,9,13-14H,2,4,6-8,10H2,1H3,(H,19,23). The zero-order valence-corrected chi connectivity index (χ0v) is 13.3. The van der Waals surface area contributed by atoms with Crippen LogP contribution >= 0.6 is 0 Å². The highest BCUT2D eigenvalue weighted by Gasteiger charge is 2.30. The summed E-state index contributed by atoms with van der Waals surface area (Å²) in [7, 11) is 0. The second-order valence-corrected chi connectivity index (χ2v) is 6.48. The second kappa shape index (κ2) is 5.76. The highest BCUT2D eigenvalue weighted by Crippen LogP contribution is 2.36. The van der Waals surface area contributed by atoms with Crippen LogP contribution in [0.4, 0.5) is 0 Å². The fourth-order valence-electron chi connectivity index (χ4n) is 3.50. The number of nitrogens with one attached hydrogen (secondary N) is 1. The van der Waals surface area contributed by atoms with Gasteiger partial charge in [0.25, 0.3) is 0 Å². The molecule has 2 aliphatic carbocycles. The van der Waals surface area contributed by atoms with Gasteiger partial charge in [0.2, 0.25) is 5.91 Å². The number of carbonyl (C=O) groups is 1. The SMILES string of the molecule is Cc1nnc(CNC(=O)C2CCCc3cccnc32)n1C1CC1. The number of aromatic nitrogens is 4. The smallest absolute Gasteiger partial charge is 0.229 e. The molecule has 1 amide bonds. The lowest BCUT2D eigenvalue weighted by Gasteiger charge is -2.23. The molecule has 2 aliphatic rings. The predicted octanol–water partition coefficient (Wildman–Crippen LogP) is 2.05. The van der Waals surface area contributed by atoms with Gasteiger partial charge < -0.3 is 9.88 Å². The number of fused-ring (bicyclic) bond motifs is 1. The minimum atomic E-state index is -0.140. The fourth-order valence-corrected chi connectivity index (χ4v) is 3.50. The van der Waals surface area contributed by atoms with E-state index in [0.717, 1.165) is 36.6 Å². The molecule has 23 heavy (non-hydrogen) atoms. The van der Waals surface area contributed by atoms with Crippen LogP contribution in [0.25, 0.3) is 0 Å². The minimum absolute atomic E-state index is 0.0487. The van der Waals surface area contributed by atoms with Crippen LogP contribution in [0, 0.1) is 6.92 Å². The number of carbonyl (C=O) groups excluding carboxylic acids is 1. The van der Waals surface area contributed by atoms with Gasteiger partial charge in [-0.25, -0.2) is 0 Å². The summed E-state index contributed by atoms with van der Waals surface area (Å²) in [6.07, 6.45) is 7.05. The van der Waals surface area contributed by atoms with E-state index in [4.69, 9.17) is 0 Å². The number of nitrogens with zero attached hydrogens (tertiary/aromatic N) is 4. The first-order valence-electron chi connectivity index (χ1n) is 8.36. The Morgan fingerprint density at radius 1 is 1.35 bits per heavy atom. The van der Waals surface area contributed by atoms with Crippen molar-refractivity contribution >= 4 is 5.91 Å². The first-order chi connectivity index (χ1) is 11.2. The number of rotatable bonds is 4. The Balaban J connectivity index is 1.47. The molecule has 1 saturated carbocycles. The summed E-state index contributed by atoms with van der Waals surface area (Å²) in [6.45, 7) is 2.41. The van der Waals surface area contributed by atoms with Crippen molar-refractivity contribution in [1.82, 2.24) is 25.1 Å². The van der Waals surface area contributed by atoms with Crippen LogP contribution in [0.3, 0.4) is 0 Å². The van der Waals surface area contributed by atoms with Gasteiger partial charge in [-0.05, 0) is 50.7 Å². The molecule has 1 unspecified atom stereocenters. The van der Waals surface area contributed by atoms with Crippen LogP contribution < -0.4 is 5.32 Å². The summed E-state index contributed by atoms with van der Waals surface area (Å²) >= 11 is 0. The van der Waals surface area contributed by atoms with Crippen molar-refractivity contribution in [3.8, 4) is 0 Å². The third-order valence-electron chi connectivity index (χ3n) is 4.78. The average Bonchev–Trinajstić information content (AvgIpc) is 3.35. The normalized spacial score (nSPS) is 20.1. The number of aryl methyl sites for hydroxylation is 2. The maximum absolute atomic E-state index is 12.6. The molecule has 1 fully saturated rings. The molecule has 0 saturated heterocycles. The van der Waals surface area contributed by atoms with Gasteiger partial charge >= 0.3 is 0 Å². The van der Waals surface area contributed by atoms with Crippen LogP contribution in [0.2, 0.25) is 0 Å². The topological polar surface area (TPSA) is 72.7 Å². The molecule has 0 spiro atoms. The number of hydrogen-bond donors (Lipinski definition) is 1. The highest BCUT2D eigenvalue weighted by molar-refractivity contribution is 5.83. The zero-order valence-electron chi connectivity index (χ0n) is 13.3. The average molecular weight is 311 g/mol. The van der Waals surface area contributed by atoms with E-state index in [2.05, 4.69) is 31.1 Å². The van der Waals surface area contributed by atoms with Gasteiger partial charge in [0, 0.05) is 12.2 Å². The van der Waals surface area contributed by atoms with E-state index in [1.807, 2.05) is 13.0 Å². The summed E-state index contributed by atoms with van der Waals surface area (Å²) in [5, 5.41) is 11.4. The molecule has 1 N–H and O–H groups in total. The largest absolute Gasteiger partial charge is 0.348 e. The molecule has 120 valence electrons. The third kappa shape index (κ3) is 2.73. The quantitative estimate of drug-likeness (QED) is 0.938. The van der Waals surface area contributed by atoms with Gasteiger partial charge in [0.15, 0.2) is 5.82 Å². The summed E-state index contributed by atoms with van der Waals surface area (Å²) in [4.78, 5) is 17.1. The Morgan fingerprint density at radius 3 is 3.04 bits per heavy atom. The Bertz CT molecular complexity index is 734. The van der Waals surface area contributed by atoms with Gasteiger partial charge in [0.05, 0.1) is 18.2 Å². The van der Waals surface area contributed by atoms with Crippen molar-refractivity contribution in [2.24, 2.45) is 0 Å². The number of hydrogen-bond acceptors (Lipinski definition) is 4. The van der Waals surface area contributed by atoms with E-state index in [1.165, 1.54) is 18.4 Å². The van der Waals surface area contributed by atoms with Gasteiger partial charge in [-0.15, -0.1) is 10.2 Å².